The Bertz CT molecular complexity index is 549. The SMILES string of the molecule is CCCN(Cc1ccccc1)C(=O)c1ccc(CN)o1. The zero-order valence-electron chi connectivity index (χ0n) is 11.7. The second-order valence-corrected chi connectivity index (χ2v) is 4.68. The Morgan fingerprint density at radius 2 is 1.95 bits per heavy atom. The van der Waals surface area contributed by atoms with E-state index < -0.39 is 0 Å². The van der Waals surface area contributed by atoms with Crippen LogP contribution in [-0.2, 0) is 13.1 Å². The quantitative estimate of drug-likeness (QED) is 0.879. The summed E-state index contributed by atoms with van der Waals surface area (Å²) in [5.74, 6) is 0.898. The van der Waals surface area contributed by atoms with E-state index in [1.54, 1.807) is 17.0 Å². The molecule has 2 N–H and O–H groups in total. The highest BCUT2D eigenvalue weighted by molar-refractivity contribution is 5.91. The summed E-state index contributed by atoms with van der Waals surface area (Å²) in [5, 5.41) is 0. The van der Waals surface area contributed by atoms with Gasteiger partial charge in [0.2, 0.25) is 0 Å². The van der Waals surface area contributed by atoms with Crippen molar-refractivity contribution in [2.24, 2.45) is 5.73 Å². The van der Waals surface area contributed by atoms with Gasteiger partial charge in [-0.15, -0.1) is 0 Å². The van der Waals surface area contributed by atoms with E-state index in [-0.39, 0.29) is 5.91 Å². The maximum Gasteiger partial charge on any atom is 0.289 e. The van der Waals surface area contributed by atoms with Crippen molar-refractivity contribution >= 4 is 5.91 Å². The predicted octanol–water partition coefficient (Wildman–Crippen LogP) is 2.79. The summed E-state index contributed by atoms with van der Waals surface area (Å²) in [6.07, 6.45) is 0.906. The van der Waals surface area contributed by atoms with Crippen LogP contribution >= 0.6 is 0 Å². The highest BCUT2D eigenvalue weighted by Crippen LogP contribution is 2.13. The molecule has 0 unspecified atom stereocenters. The molecule has 0 atom stereocenters. The van der Waals surface area contributed by atoms with Gasteiger partial charge in [-0.2, -0.15) is 0 Å². The van der Waals surface area contributed by atoms with Gasteiger partial charge in [-0.3, -0.25) is 4.79 Å². The van der Waals surface area contributed by atoms with Crippen LogP contribution in [0, 0.1) is 0 Å². The van der Waals surface area contributed by atoms with Gasteiger partial charge in [0, 0.05) is 13.1 Å². The van der Waals surface area contributed by atoms with Crippen molar-refractivity contribution in [3.05, 3.63) is 59.5 Å². The van der Waals surface area contributed by atoms with Gasteiger partial charge >= 0.3 is 0 Å². The van der Waals surface area contributed by atoms with Crippen LogP contribution < -0.4 is 5.73 Å². The number of benzene rings is 1. The molecule has 1 aromatic heterocycles. The number of carbonyl (C=O) groups excluding carboxylic acids is 1. The Hall–Kier alpha value is -2.07. The van der Waals surface area contributed by atoms with Gasteiger partial charge in [0.1, 0.15) is 5.76 Å². The van der Waals surface area contributed by atoms with E-state index in [1.807, 2.05) is 30.3 Å². The van der Waals surface area contributed by atoms with Crippen molar-refractivity contribution in [2.45, 2.75) is 26.4 Å². The summed E-state index contributed by atoms with van der Waals surface area (Å²) in [6, 6.07) is 13.4. The molecule has 1 amide bonds. The molecule has 20 heavy (non-hydrogen) atoms. The minimum Gasteiger partial charge on any atom is -0.455 e. The lowest BCUT2D eigenvalue weighted by Gasteiger charge is -2.21. The molecule has 2 rings (SSSR count). The van der Waals surface area contributed by atoms with Crippen molar-refractivity contribution < 1.29 is 9.21 Å². The third-order valence-corrected chi connectivity index (χ3v) is 3.07. The molecule has 0 aliphatic carbocycles. The van der Waals surface area contributed by atoms with Crippen molar-refractivity contribution in [1.82, 2.24) is 4.90 Å². The highest BCUT2D eigenvalue weighted by atomic mass is 16.4. The Morgan fingerprint density at radius 3 is 2.55 bits per heavy atom. The van der Waals surface area contributed by atoms with Gasteiger partial charge in [0.15, 0.2) is 5.76 Å². The Morgan fingerprint density at radius 1 is 1.20 bits per heavy atom. The standard InChI is InChI=1S/C16H20N2O2/c1-2-10-18(12-13-6-4-3-5-7-13)16(19)15-9-8-14(11-17)20-15/h3-9H,2,10-12,17H2,1H3. The molecule has 106 valence electrons. The van der Waals surface area contributed by atoms with Gasteiger partial charge in [-0.1, -0.05) is 37.3 Å². The van der Waals surface area contributed by atoms with Crippen LogP contribution in [0.3, 0.4) is 0 Å². The third kappa shape index (κ3) is 3.48. The molecule has 1 aromatic carbocycles. The lowest BCUT2D eigenvalue weighted by atomic mass is 10.2. The summed E-state index contributed by atoms with van der Waals surface area (Å²) in [7, 11) is 0. The fraction of sp³-hybridized carbons (Fsp3) is 0.312. The zero-order chi connectivity index (χ0) is 14.4. The topological polar surface area (TPSA) is 59.5 Å². The molecule has 0 aliphatic rings. The first-order valence-electron chi connectivity index (χ1n) is 6.86. The molecule has 2 aromatic rings. The second-order valence-electron chi connectivity index (χ2n) is 4.68. The van der Waals surface area contributed by atoms with E-state index in [9.17, 15) is 4.79 Å². The predicted molar refractivity (Wildman–Crippen MR) is 78.1 cm³/mol. The van der Waals surface area contributed by atoms with Crippen LogP contribution in [0.4, 0.5) is 0 Å². The lowest BCUT2D eigenvalue weighted by Crippen LogP contribution is -2.31. The van der Waals surface area contributed by atoms with Crippen molar-refractivity contribution in [1.29, 1.82) is 0 Å². The number of hydrogen-bond donors (Lipinski definition) is 1. The largest absolute Gasteiger partial charge is 0.455 e. The van der Waals surface area contributed by atoms with Gasteiger partial charge in [0.25, 0.3) is 5.91 Å². The van der Waals surface area contributed by atoms with Crippen LogP contribution in [-0.4, -0.2) is 17.4 Å². The van der Waals surface area contributed by atoms with Crippen LogP contribution in [0.2, 0.25) is 0 Å². The van der Waals surface area contributed by atoms with E-state index in [2.05, 4.69) is 6.92 Å². The number of nitrogens with two attached hydrogens (primary N) is 1. The summed E-state index contributed by atoms with van der Waals surface area (Å²) in [5.41, 5.74) is 6.61. The number of nitrogens with zero attached hydrogens (tertiary/aromatic N) is 1. The molecular formula is C16H20N2O2. The highest BCUT2D eigenvalue weighted by Gasteiger charge is 2.18. The molecule has 0 spiro atoms. The van der Waals surface area contributed by atoms with Crippen LogP contribution in [0.5, 0.6) is 0 Å². The first-order chi connectivity index (χ1) is 9.74. The average molecular weight is 272 g/mol. The van der Waals surface area contributed by atoms with Crippen molar-refractivity contribution in [3.8, 4) is 0 Å². The summed E-state index contributed by atoms with van der Waals surface area (Å²) >= 11 is 0. The maximum atomic E-state index is 12.5. The Kier molecular flexibility index (Phi) is 4.96. The molecule has 0 saturated carbocycles. The Labute approximate surface area is 119 Å². The smallest absolute Gasteiger partial charge is 0.289 e. The molecule has 4 heteroatoms. The third-order valence-electron chi connectivity index (χ3n) is 3.07. The van der Waals surface area contributed by atoms with Crippen molar-refractivity contribution in [2.75, 3.05) is 6.54 Å². The number of carbonyl (C=O) groups is 1. The minimum atomic E-state index is -0.0876. The van der Waals surface area contributed by atoms with E-state index >= 15 is 0 Å². The molecule has 0 aliphatic heterocycles. The van der Waals surface area contributed by atoms with E-state index in [0.717, 1.165) is 12.0 Å². The van der Waals surface area contributed by atoms with Gasteiger partial charge < -0.3 is 15.1 Å². The van der Waals surface area contributed by atoms with E-state index in [4.69, 9.17) is 10.2 Å². The molecule has 0 saturated heterocycles. The molecule has 4 nitrogen and oxygen atoms in total. The fourth-order valence-electron chi connectivity index (χ4n) is 2.08. The van der Waals surface area contributed by atoms with Crippen LogP contribution in [0.15, 0.2) is 46.9 Å². The summed E-state index contributed by atoms with van der Waals surface area (Å²) in [4.78, 5) is 14.3. The maximum absolute atomic E-state index is 12.5. The Balaban J connectivity index is 2.13. The average Bonchev–Trinajstić information content (AvgIpc) is 2.96. The van der Waals surface area contributed by atoms with Gasteiger partial charge in [0.05, 0.1) is 6.54 Å². The van der Waals surface area contributed by atoms with Gasteiger partial charge in [-0.05, 0) is 24.1 Å². The van der Waals surface area contributed by atoms with Crippen LogP contribution in [0.25, 0.3) is 0 Å². The molecule has 0 fully saturated rings. The molecule has 0 radical (unpaired) electrons. The summed E-state index contributed by atoms with van der Waals surface area (Å²) < 4.78 is 5.44. The first kappa shape index (κ1) is 14.3. The number of hydrogen-bond acceptors (Lipinski definition) is 3. The minimum absolute atomic E-state index is 0.0876. The first-order valence-corrected chi connectivity index (χ1v) is 6.86. The zero-order valence-corrected chi connectivity index (χ0v) is 11.7. The van der Waals surface area contributed by atoms with E-state index in [1.165, 1.54) is 0 Å². The van der Waals surface area contributed by atoms with E-state index in [0.29, 0.717) is 31.2 Å². The molecular weight excluding hydrogens is 252 g/mol. The van der Waals surface area contributed by atoms with Gasteiger partial charge in [-0.25, -0.2) is 0 Å². The number of rotatable bonds is 6. The molecule has 0 bridgehead atoms. The summed E-state index contributed by atoms with van der Waals surface area (Å²) in [6.45, 7) is 3.65. The van der Waals surface area contributed by atoms with Crippen LogP contribution in [0.1, 0.15) is 35.2 Å². The second kappa shape index (κ2) is 6.91. The lowest BCUT2D eigenvalue weighted by molar-refractivity contribution is 0.0709. The normalized spacial score (nSPS) is 10.5. The van der Waals surface area contributed by atoms with Crippen molar-refractivity contribution in [3.63, 3.8) is 0 Å². The number of amides is 1. The monoisotopic (exact) mass is 272 g/mol. The fourth-order valence-corrected chi connectivity index (χ4v) is 2.08. The molecule has 1 heterocycles. The number of furan rings is 1.